The number of fused-ring (bicyclic) bond motifs is 5. The highest BCUT2D eigenvalue weighted by atomic mass is 19.1. The number of nitrogens with one attached hydrogen (secondary N) is 2. The third-order valence-electron chi connectivity index (χ3n) is 12.7. The van der Waals surface area contributed by atoms with E-state index in [0.717, 1.165) is 51.4 Å². The first kappa shape index (κ1) is 32.9. The van der Waals surface area contributed by atoms with Crippen molar-refractivity contribution in [3.63, 3.8) is 0 Å². The average molecular weight is 615 g/mol. The molecule has 8 nitrogen and oxygen atoms in total. The fourth-order valence-electron chi connectivity index (χ4n) is 10.3. The molecule has 2 amide bonds. The fraction of sp³-hybridized carbons (Fsp3) is 0.743. The lowest BCUT2D eigenvalue weighted by atomic mass is 9.43. The largest absolute Gasteiger partial charge is 0.480 e. The summed E-state index contributed by atoms with van der Waals surface area (Å²) >= 11 is 0. The molecule has 0 aliphatic heterocycles. The number of amides is 2. The molecule has 0 bridgehead atoms. The molecular formula is C35H51FN2O6. The van der Waals surface area contributed by atoms with Gasteiger partial charge in [-0.1, -0.05) is 20.8 Å². The summed E-state index contributed by atoms with van der Waals surface area (Å²) in [5.41, 5.74) is 0.716. The molecule has 4 fully saturated rings. The number of carboxylic acids is 1. The van der Waals surface area contributed by atoms with Gasteiger partial charge >= 0.3 is 5.97 Å². The molecule has 9 heteroatoms. The third kappa shape index (κ3) is 6.55. The highest BCUT2D eigenvalue weighted by Crippen LogP contribution is 2.68. The summed E-state index contributed by atoms with van der Waals surface area (Å²) < 4.78 is 13.1. The van der Waals surface area contributed by atoms with E-state index in [1.807, 2.05) is 0 Å². The number of benzene rings is 1. The van der Waals surface area contributed by atoms with Crippen LogP contribution in [-0.4, -0.2) is 51.4 Å². The second-order valence-corrected chi connectivity index (χ2v) is 15.0. The lowest BCUT2D eigenvalue weighted by molar-refractivity contribution is -0.174. The second-order valence-electron chi connectivity index (χ2n) is 15.0. The van der Waals surface area contributed by atoms with Crippen LogP contribution in [-0.2, 0) is 14.4 Å². The van der Waals surface area contributed by atoms with Crippen molar-refractivity contribution in [1.29, 1.82) is 0 Å². The number of aliphatic carboxylic acids is 1. The van der Waals surface area contributed by atoms with Crippen molar-refractivity contribution in [2.24, 2.45) is 46.3 Å². The van der Waals surface area contributed by atoms with Gasteiger partial charge in [-0.05, 0) is 135 Å². The molecular weight excluding hydrogens is 563 g/mol. The highest BCUT2D eigenvalue weighted by Gasteiger charge is 2.62. The van der Waals surface area contributed by atoms with Gasteiger partial charge in [-0.15, -0.1) is 0 Å². The van der Waals surface area contributed by atoms with Gasteiger partial charge in [-0.25, -0.2) is 9.18 Å². The number of hydrogen-bond donors (Lipinski definition) is 5. The Bertz CT molecular complexity index is 1210. The summed E-state index contributed by atoms with van der Waals surface area (Å²) in [5.74, 6) is 0.0274. The van der Waals surface area contributed by atoms with E-state index in [9.17, 15) is 34.1 Å². The first-order valence-corrected chi connectivity index (χ1v) is 16.8. The zero-order chi connectivity index (χ0) is 31.8. The van der Waals surface area contributed by atoms with Gasteiger partial charge in [0, 0.05) is 18.5 Å². The van der Waals surface area contributed by atoms with Gasteiger partial charge in [0.1, 0.15) is 11.9 Å². The van der Waals surface area contributed by atoms with Crippen LogP contribution in [0.3, 0.4) is 0 Å². The van der Waals surface area contributed by atoms with Crippen LogP contribution in [0.5, 0.6) is 0 Å². The number of rotatable bonds is 10. The van der Waals surface area contributed by atoms with Crippen molar-refractivity contribution in [3.05, 3.63) is 30.1 Å². The Morgan fingerprint density at radius 1 is 0.909 bits per heavy atom. The van der Waals surface area contributed by atoms with Gasteiger partial charge in [0.25, 0.3) is 0 Å². The number of halogens is 1. The topological polar surface area (TPSA) is 136 Å². The molecule has 4 saturated carbocycles. The molecule has 0 heterocycles. The van der Waals surface area contributed by atoms with E-state index >= 15 is 0 Å². The Labute approximate surface area is 260 Å². The lowest BCUT2D eigenvalue weighted by Gasteiger charge is -2.62. The fourth-order valence-corrected chi connectivity index (χ4v) is 10.3. The summed E-state index contributed by atoms with van der Waals surface area (Å²) in [7, 11) is 0. The zero-order valence-corrected chi connectivity index (χ0v) is 26.4. The molecule has 1 aromatic carbocycles. The Hall–Kier alpha value is -2.52. The van der Waals surface area contributed by atoms with Gasteiger partial charge in [-0.3, -0.25) is 9.59 Å². The van der Waals surface area contributed by atoms with Crippen LogP contribution in [0.1, 0.15) is 97.8 Å². The van der Waals surface area contributed by atoms with Crippen LogP contribution in [0.15, 0.2) is 24.3 Å². The molecule has 0 aromatic heterocycles. The van der Waals surface area contributed by atoms with Crippen LogP contribution >= 0.6 is 0 Å². The maximum Gasteiger partial charge on any atom is 0.326 e. The lowest BCUT2D eigenvalue weighted by Crippen LogP contribution is -2.58. The summed E-state index contributed by atoms with van der Waals surface area (Å²) in [5, 5.41) is 36.7. The molecule has 5 rings (SSSR count). The first-order chi connectivity index (χ1) is 20.8. The normalized spacial score (nSPS) is 37.5. The molecule has 44 heavy (non-hydrogen) atoms. The van der Waals surface area contributed by atoms with Crippen LogP contribution in [0.25, 0.3) is 0 Å². The molecule has 1 aromatic rings. The molecule has 0 unspecified atom stereocenters. The zero-order valence-electron chi connectivity index (χ0n) is 26.4. The molecule has 11 atom stereocenters. The van der Waals surface area contributed by atoms with E-state index in [-0.39, 0.29) is 54.1 Å². The summed E-state index contributed by atoms with van der Waals surface area (Å²) in [6.07, 6.45) is 8.10. The van der Waals surface area contributed by atoms with Crippen molar-refractivity contribution >= 4 is 23.5 Å². The number of carboxylic acid groups (broad SMARTS) is 1. The predicted molar refractivity (Wildman–Crippen MR) is 165 cm³/mol. The quantitative estimate of drug-likeness (QED) is 0.236. The smallest absolute Gasteiger partial charge is 0.326 e. The third-order valence-corrected chi connectivity index (χ3v) is 12.7. The highest BCUT2D eigenvalue weighted by molar-refractivity contribution is 5.91. The Kier molecular flexibility index (Phi) is 9.76. The Morgan fingerprint density at radius 3 is 2.27 bits per heavy atom. The minimum absolute atomic E-state index is 0.0460. The second kappa shape index (κ2) is 13.1. The van der Waals surface area contributed by atoms with E-state index in [1.165, 1.54) is 24.3 Å². The SMILES string of the molecule is C[C@H](CCC(=O)N[C@@H](CCC(=O)Nc1ccc(F)cc1)C(=O)O)[C@H]1CC[C@H]2[C@@H]3[C@H](O)C[C@H]4C[C@H](O)CC[C@]4(C)[C@H]3CC[C@]12C. The van der Waals surface area contributed by atoms with E-state index < -0.39 is 23.7 Å². The minimum Gasteiger partial charge on any atom is -0.480 e. The van der Waals surface area contributed by atoms with Crippen LogP contribution < -0.4 is 10.6 Å². The van der Waals surface area contributed by atoms with E-state index in [2.05, 4.69) is 31.4 Å². The molecule has 0 spiro atoms. The van der Waals surface area contributed by atoms with Gasteiger partial charge in [0.2, 0.25) is 11.8 Å². The van der Waals surface area contributed by atoms with Crippen molar-refractivity contribution in [2.45, 2.75) is 116 Å². The van der Waals surface area contributed by atoms with Crippen LogP contribution in [0.2, 0.25) is 0 Å². The molecule has 244 valence electrons. The summed E-state index contributed by atoms with van der Waals surface area (Å²) in [6.45, 7) is 7.04. The standard InChI is InChI=1S/C35H51FN2O6/c1-20(4-12-31(42)38-28(33(43)44)11-13-30(41)37-23-7-5-22(36)6-8-23)25-9-10-26-32-27(15-17-35(25,26)3)34(2)16-14-24(39)18-21(34)19-29(32)40/h5-8,20-21,24-29,32,39-40H,4,9-19H2,1-3H3,(H,37,41)(H,38,42)(H,43,44)/t20-,21-,24-,25-,26+,27+,28+,29-,32+,34+,35-/m1/s1. The van der Waals surface area contributed by atoms with E-state index in [1.54, 1.807) is 0 Å². The number of carbonyl (C=O) groups is 3. The summed E-state index contributed by atoms with van der Waals surface area (Å²) in [6, 6.07) is 4.15. The number of hydrogen-bond acceptors (Lipinski definition) is 5. The molecule has 4 aliphatic rings. The molecule has 0 saturated heterocycles. The van der Waals surface area contributed by atoms with Crippen molar-refractivity contribution in [3.8, 4) is 0 Å². The van der Waals surface area contributed by atoms with Gasteiger partial charge in [-0.2, -0.15) is 0 Å². The number of carbonyl (C=O) groups excluding carboxylic acids is 2. The Morgan fingerprint density at radius 2 is 1.57 bits per heavy atom. The maximum atomic E-state index is 13.1. The van der Waals surface area contributed by atoms with Gasteiger partial charge in [0.15, 0.2) is 0 Å². The Balaban J connectivity index is 1.13. The molecule has 5 N–H and O–H groups in total. The van der Waals surface area contributed by atoms with Crippen LogP contribution in [0, 0.1) is 52.2 Å². The van der Waals surface area contributed by atoms with Gasteiger partial charge < -0.3 is 26.0 Å². The van der Waals surface area contributed by atoms with E-state index in [0.29, 0.717) is 41.7 Å². The summed E-state index contributed by atoms with van der Waals surface area (Å²) in [4.78, 5) is 37.0. The minimum atomic E-state index is -1.18. The maximum absolute atomic E-state index is 13.1. The monoisotopic (exact) mass is 614 g/mol. The van der Waals surface area contributed by atoms with Crippen molar-refractivity contribution in [1.82, 2.24) is 5.32 Å². The van der Waals surface area contributed by atoms with Crippen molar-refractivity contribution < 1.29 is 34.1 Å². The van der Waals surface area contributed by atoms with Crippen LogP contribution in [0.4, 0.5) is 10.1 Å². The molecule has 4 aliphatic carbocycles. The predicted octanol–water partition coefficient (Wildman–Crippen LogP) is 5.52. The first-order valence-electron chi connectivity index (χ1n) is 16.8. The average Bonchev–Trinajstić information content (AvgIpc) is 3.33. The van der Waals surface area contributed by atoms with Crippen molar-refractivity contribution in [2.75, 3.05) is 5.32 Å². The number of aliphatic hydroxyl groups excluding tert-OH is 2. The van der Waals surface area contributed by atoms with Gasteiger partial charge in [0.05, 0.1) is 12.2 Å². The number of anilines is 1. The number of aliphatic hydroxyl groups is 2. The van der Waals surface area contributed by atoms with E-state index in [4.69, 9.17) is 0 Å². The molecule has 0 radical (unpaired) electrons.